The smallest absolute Gasteiger partial charge is 0.306 e. The molecule has 79 heavy (non-hydrogen) atoms. The maximum atomic E-state index is 12.8. The number of aliphatic carboxylic acids is 1. The Morgan fingerprint density at radius 2 is 0.646 bits per heavy atom. The van der Waals surface area contributed by atoms with Gasteiger partial charge in [-0.05, 0) is 38.5 Å². The van der Waals surface area contributed by atoms with E-state index in [1.807, 2.05) is 21.1 Å². The van der Waals surface area contributed by atoms with Crippen LogP contribution in [0.3, 0.4) is 0 Å². The number of nitrogens with zero attached hydrogens (tertiary/aromatic N) is 1. The minimum absolute atomic E-state index is 0.150. The Morgan fingerprint density at radius 3 is 0.937 bits per heavy atom. The van der Waals surface area contributed by atoms with Crippen LogP contribution in [0.2, 0.25) is 0 Å². The summed E-state index contributed by atoms with van der Waals surface area (Å²) in [5, 5.41) is 11.8. The molecule has 468 valence electrons. The SMILES string of the molecule is CCCCCCCC/C=C\CCCCCCCC(=O)OC(COC(=O)CCCCCCCCCCCCCCCCCCCCCCCCCCCCCCCCCCCCCCCCC)COC(OCC[N+](C)(C)C)C(=O)[O-]. The van der Waals surface area contributed by atoms with E-state index in [1.165, 1.54) is 276 Å². The summed E-state index contributed by atoms with van der Waals surface area (Å²) in [7, 11) is 5.93. The Labute approximate surface area is 491 Å². The standard InChI is InChI=1S/C70H135NO8/c1-6-8-10-12-14-16-18-20-22-23-24-25-26-27-28-29-30-31-32-33-34-35-36-37-38-39-40-41-42-43-44-45-47-48-50-52-54-56-58-60-67(72)77-64-66(65-78-70(69(74)75)76-63-62-71(3,4)5)79-68(73)61-59-57-55-53-51-49-46-21-19-17-15-13-11-9-7-2/h21,46,66,70H,6-20,22-45,47-65H2,1-5H3/b46-21-. The van der Waals surface area contributed by atoms with Crippen molar-refractivity contribution in [2.45, 2.75) is 373 Å². The maximum absolute atomic E-state index is 12.8. The van der Waals surface area contributed by atoms with Gasteiger partial charge in [0.25, 0.3) is 0 Å². The third-order valence-corrected chi connectivity index (χ3v) is 16.0. The lowest BCUT2D eigenvalue weighted by molar-refractivity contribution is -0.870. The largest absolute Gasteiger partial charge is 0.545 e. The molecule has 0 bridgehead atoms. The van der Waals surface area contributed by atoms with Crippen molar-refractivity contribution in [2.75, 3.05) is 47.5 Å². The van der Waals surface area contributed by atoms with Crippen molar-refractivity contribution in [1.82, 2.24) is 0 Å². The lowest BCUT2D eigenvalue weighted by atomic mass is 10.0. The molecule has 2 atom stereocenters. The number of quaternary nitrogens is 1. The highest BCUT2D eigenvalue weighted by molar-refractivity contribution is 5.70. The third-order valence-electron chi connectivity index (χ3n) is 16.0. The van der Waals surface area contributed by atoms with Gasteiger partial charge in [-0.25, -0.2) is 0 Å². The van der Waals surface area contributed by atoms with Crippen molar-refractivity contribution in [3.05, 3.63) is 12.2 Å². The molecule has 0 aliphatic heterocycles. The van der Waals surface area contributed by atoms with Crippen LogP contribution in [0.1, 0.15) is 361 Å². The zero-order valence-corrected chi connectivity index (χ0v) is 53.5. The van der Waals surface area contributed by atoms with Crippen LogP contribution in [0.25, 0.3) is 0 Å². The summed E-state index contributed by atoms with van der Waals surface area (Å²) in [6.45, 7) is 4.79. The molecule has 0 spiro atoms. The van der Waals surface area contributed by atoms with Crippen molar-refractivity contribution in [3.8, 4) is 0 Å². The van der Waals surface area contributed by atoms with Gasteiger partial charge < -0.3 is 33.3 Å². The lowest BCUT2D eigenvalue weighted by Crippen LogP contribution is -2.44. The Morgan fingerprint density at radius 1 is 0.367 bits per heavy atom. The number of hydrogen-bond donors (Lipinski definition) is 0. The fourth-order valence-corrected chi connectivity index (χ4v) is 10.7. The average molecular weight is 1120 g/mol. The van der Waals surface area contributed by atoms with E-state index in [4.69, 9.17) is 18.9 Å². The number of carbonyl (C=O) groups is 3. The molecule has 0 aromatic heterocycles. The van der Waals surface area contributed by atoms with Crippen LogP contribution in [-0.4, -0.2) is 82.3 Å². The minimum atomic E-state index is -1.62. The highest BCUT2D eigenvalue weighted by Gasteiger charge is 2.22. The van der Waals surface area contributed by atoms with Gasteiger partial charge in [0.1, 0.15) is 13.2 Å². The van der Waals surface area contributed by atoms with Crippen LogP contribution in [0.5, 0.6) is 0 Å². The van der Waals surface area contributed by atoms with E-state index < -0.39 is 24.3 Å². The second kappa shape index (κ2) is 62.1. The van der Waals surface area contributed by atoms with Gasteiger partial charge in [0.05, 0.1) is 40.3 Å². The highest BCUT2D eigenvalue weighted by atomic mass is 16.7. The summed E-state index contributed by atoms with van der Waals surface area (Å²) >= 11 is 0. The van der Waals surface area contributed by atoms with Crippen molar-refractivity contribution < 1.29 is 42.9 Å². The average Bonchev–Trinajstić information content (AvgIpc) is 3.42. The van der Waals surface area contributed by atoms with Crippen LogP contribution in [-0.2, 0) is 33.3 Å². The molecule has 2 unspecified atom stereocenters. The predicted octanol–water partition coefficient (Wildman–Crippen LogP) is 19.9. The second-order valence-corrected chi connectivity index (χ2v) is 25.2. The Bertz CT molecular complexity index is 1300. The first-order chi connectivity index (χ1) is 38.6. The summed E-state index contributed by atoms with van der Waals surface area (Å²) in [6, 6.07) is 0. The molecular weight excluding hydrogens is 983 g/mol. The molecule has 0 aromatic carbocycles. The number of hydrogen-bond acceptors (Lipinski definition) is 8. The number of likely N-dealkylation sites (N-methyl/N-ethyl adjacent to an activating group) is 1. The van der Waals surface area contributed by atoms with Crippen molar-refractivity contribution in [1.29, 1.82) is 0 Å². The fourth-order valence-electron chi connectivity index (χ4n) is 10.7. The van der Waals surface area contributed by atoms with Gasteiger partial charge in [-0.3, -0.25) is 9.59 Å². The Kier molecular flexibility index (Phi) is 60.5. The zero-order chi connectivity index (χ0) is 57.6. The van der Waals surface area contributed by atoms with Crippen LogP contribution < -0.4 is 5.11 Å². The van der Waals surface area contributed by atoms with E-state index >= 15 is 0 Å². The van der Waals surface area contributed by atoms with E-state index in [0.717, 1.165) is 51.4 Å². The molecule has 0 aliphatic rings. The van der Waals surface area contributed by atoms with Gasteiger partial charge in [0.15, 0.2) is 12.4 Å². The summed E-state index contributed by atoms with van der Waals surface area (Å²) in [4.78, 5) is 37.3. The molecule has 0 aromatic rings. The summed E-state index contributed by atoms with van der Waals surface area (Å²) in [5.74, 6) is -2.27. The van der Waals surface area contributed by atoms with Gasteiger partial charge >= 0.3 is 11.9 Å². The minimum Gasteiger partial charge on any atom is -0.545 e. The van der Waals surface area contributed by atoms with Crippen LogP contribution >= 0.6 is 0 Å². The van der Waals surface area contributed by atoms with Crippen molar-refractivity contribution >= 4 is 17.9 Å². The van der Waals surface area contributed by atoms with E-state index in [-0.39, 0.29) is 32.2 Å². The molecule has 0 amide bonds. The van der Waals surface area contributed by atoms with E-state index in [0.29, 0.717) is 23.9 Å². The first-order valence-electron chi connectivity index (χ1n) is 34.8. The number of allylic oxidation sites excluding steroid dienone is 2. The molecule has 0 rings (SSSR count). The van der Waals surface area contributed by atoms with Crippen molar-refractivity contribution in [2.24, 2.45) is 0 Å². The number of unbranched alkanes of at least 4 members (excludes halogenated alkanes) is 49. The lowest BCUT2D eigenvalue weighted by Gasteiger charge is -2.26. The van der Waals surface area contributed by atoms with Crippen LogP contribution in [0, 0.1) is 0 Å². The number of carboxylic acids is 1. The number of carboxylic acid groups (broad SMARTS) is 1. The monoisotopic (exact) mass is 1120 g/mol. The maximum Gasteiger partial charge on any atom is 0.306 e. The number of esters is 2. The van der Waals surface area contributed by atoms with E-state index in [2.05, 4.69) is 26.0 Å². The Balaban J connectivity index is 3.88. The zero-order valence-electron chi connectivity index (χ0n) is 53.5. The van der Waals surface area contributed by atoms with Crippen LogP contribution in [0.4, 0.5) is 0 Å². The molecule has 0 saturated carbocycles. The third kappa shape index (κ3) is 63.5. The van der Waals surface area contributed by atoms with Gasteiger partial charge in [0.2, 0.25) is 0 Å². The number of ether oxygens (including phenoxy) is 4. The van der Waals surface area contributed by atoms with E-state index in [1.54, 1.807) is 0 Å². The summed E-state index contributed by atoms with van der Waals surface area (Å²) in [5.41, 5.74) is 0. The molecule has 0 saturated heterocycles. The highest BCUT2D eigenvalue weighted by Crippen LogP contribution is 2.19. The second-order valence-electron chi connectivity index (χ2n) is 25.2. The van der Waals surface area contributed by atoms with E-state index in [9.17, 15) is 19.5 Å². The molecule has 9 heteroatoms. The topological polar surface area (TPSA) is 111 Å². The number of rotatable bonds is 66. The molecule has 0 radical (unpaired) electrons. The first kappa shape index (κ1) is 77.0. The fraction of sp³-hybridized carbons (Fsp3) is 0.929. The predicted molar refractivity (Wildman–Crippen MR) is 334 cm³/mol. The first-order valence-corrected chi connectivity index (χ1v) is 34.8. The number of carbonyl (C=O) groups excluding carboxylic acids is 3. The molecule has 0 fully saturated rings. The molecule has 9 nitrogen and oxygen atoms in total. The van der Waals surface area contributed by atoms with Crippen molar-refractivity contribution in [3.63, 3.8) is 0 Å². The molecular formula is C70H135NO8. The molecule has 0 heterocycles. The quantitative estimate of drug-likeness (QED) is 0.0195. The molecule has 0 aliphatic carbocycles. The van der Waals surface area contributed by atoms with Gasteiger partial charge in [-0.2, -0.15) is 0 Å². The summed E-state index contributed by atoms with van der Waals surface area (Å²) in [6.07, 6.45) is 71.9. The van der Waals surface area contributed by atoms with Crippen LogP contribution in [0.15, 0.2) is 12.2 Å². The summed E-state index contributed by atoms with van der Waals surface area (Å²) < 4.78 is 22.7. The van der Waals surface area contributed by atoms with Gasteiger partial charge in [-0.15, -0.1) is 0 Å². The Hall–Kier alpha value is -1.97. The normalized spacial score (nSPS) is 12.7. The van der Waals surface area contributed by atoms with Gasteiger partial charge in [-0.1, -0.05) is 321 Å². The molecule has 0 N–H and O–H groups in total. The van der Waals surface area contributed by atoms with Gasteiger partial charge in [0, 0.05) is 12.8 Å².